The molecule has 3 heteroatoms. The minimum atomic E-state index is -0.0719. The topological polar surface area (TPSA) is 38.5 Å². The first kappa shape index (κ1) is 11.4. The highest BCUT2D eigenvalue weighted by Gasteiger charge is 2.37. The molecule has 1 saturated heterocycles. The van der Waals surface area contributed by atoms with Crippen molar-refractivity contribution in [2.24, 2.45) is 11.7 Å². The molecule has 1 unspecified atom stereocenters. The lowest BCUT2D eigenvalue weighted by Gasteiger charge is -2.32. The summed E-state index contributed by atoms with van der Waals surface area (Å²) in [5.41, 5.74) is 6.26. The minimum Gasteiger partial charge on any atom is -0.379 e. The van der Waals surface area contributed by atoms with Gasteiger partial charge in [-0.05, 0) is 25.2 Å². The molecule has 2 N–H and O–H groups in total. The summed E-state index contributed by atoms with van der Waals surface area (Å²) in [7, 11) is 0. The maximum absolute atomic E-state index is 6.33. The third-order valence-corrected chi connectivity index (χ3v) is 3.31. The number of rotatable bonds is 5. The van der Waals surface area contributed by atoms with E-state index in [9.17, 15) is 0 Å². The van der Waals surface area contributed by atoms with Crippen LogP contribution in [0.4, 0.5) is 0 Å². The van der Waals surface area contributed by atoms with Crippen molar-refractivity contribution in [2.45, 2.75) is 44.7 Å². The fourth-order valence-electron chi connectivity index (χ4n) is 2.40. The van der Waals surface area contributed by atoms with E-state index in [0.29, 0.717) is 0 Å². The van der Waals surface area contributed by atoms with E-state index in [1.807, 2.05) is 0 Å². The highest BCUT2D eigenvalue weighted by Crippen LogP contribution is 2.30. The lowest BCUT2D eigenvalue weighted by Crippen LogP contribution is -2.52. The number of hydrogen-bond acceptors (Lipinski definition) is 3. The van der Waals surface area contributed by atoms with Crippen LogP contribution in [0.15, 0.2) is 0 Å². The quantitative estimate of drug-likeness (QED) is 0.745. The Morgan fingerprint density at radius 3 is 2.67 bits per heavy atom. The first-order valence-corrected chi connectivity index (χ1v) is 6.20. The van der Waals surface area contributed by atoms with E-state index in [1.54, 1.807) is 0 Å². The van der Waals surface area contributed by atoms with Gasteiger partial charge in [-0.2, -0.15) is 0 Å². The Kier molecular flexibility index (Phi) is 3.33. The van der Waals surface area contributed by atoms with Crippen LogP contribution in [0.1, 0.15) is 33.1 Å². The van der Waals surface area contributed by atoms with Crippen molar-refractivity contribution in [1.82, 2.24) is 4.90 Å². The van der Waals surface area contributed by atoms with Gasteiger partial charge in [0, 0.05) is 25.7 Å². The summed E-state index contributed by atoms with van der Waals surface area (Å²) in [6.45, 7) is 8.36. The molecule has 0 radical (unpaired) electrons. The highest BCUT2D eigenvalue weighted by molar-refractivity contribution is 4.95. The first-order chi connectivity index (χ1) is 7.09. The van der Waals surface area contributed by atoms with Gasteiger partial charge < -0.3 is 10.5 Å². The number of nitrogens with two attached hydrogens (primary N) is 1. The average molecular weight is 212 g/mol. The van der Waals surface area contributed by atoms with E-state index >= 15 is 0 Å². The smallest absolute Gasteiger partial charge is 0.0659 e. The average Bonchev–Trinajstić information content (AvgIpc) is 2.89. The molecule has 0 aromatic rings. The van der Waals surface area contributed by atoms with Crippen LogP contribution in [0.25, 0.3) is 0 Å². The molecule has 2 aliphatic rings. The molecule has 88 valence electrons. The molecular formula is C12H24N2O. The summed E-state index contributed by atoms with van der Waals surface area (Å²) in [6, 6.07) is 0.813. The zero-order valence-electron chi connectivity index (χ0n) is 10.0. The van der Waals surface area contributed by atoms with Gasteiger partial charge in [-0.3, -0.25) is 4.90 Å². The van der Waals surface area contributed by atoms with E-state index in [2.05, 4.69) is 18.7 Å². The molecule has 0 amide bonds. The van der Waals surface area contributed by atoms with Crippen LogP contribution < -0.4 is 5.73 Å². The number of ether oxygens (including phenoxy) is 1. The van der Waals surface area contributed by atoms with Crippen LogP contribution in [0.2, 0.25) is 0 Å². The van der Waals surface area contributed by atoms with Crippen molar-refractivity contribution < 1.29 is 4.74 Å². The van der Waals surface area contributed by atoms with Crippen LogP contribution >= 0.6 is 0 Å². The zero-order chi connectivity index (χ0) is 10.9. The Balaban J connectivity index is 1.87. The lowest BCUT2D eigenvalue weighted by molar-refractivity contribution is 0.142. The Hall–Kier alpha value is -0.120. The molecule has 0 bridgehead atoms. The monoisotopic (exact) mass is 212 g/mol. The molecule has 2 rings (SSSR count). The molecule has 1 saturated carbocycles. The van der Waals surface area contributed by atoms with Gasteiger partial charge in [-0.25, -0.2) is 0 Å². The summed E-state index contributed by atoms with van der Waals surface area (Å²) in [4.78, 5) is 2.58. The van der Waals surface area contributed by atoms with Crippen LogP contribution in [0.5, 0.6) is 0 Å². The molecule has 1 atom stereocenters. The van der Waals surface area contributed by atoms with Gasteiger partial charge in [0.25, 0.3) is 0 Å². The Bertz CT molecular complexity index is 208. The Morgan fingerprint density at radius 1 is 1.47 bits per heavy atom. The van der Waals surface area contributed by atoms with Crippen LogP contribution in [0.3, 0.4) is 0 Å². The van der Waals surface area contributed by atoms with Crippen LogP contribution in [-0.4, -0.2) is 42.8 Å². The van der Waals surface area contributed by atoms with E-state index in [1.165, 1.54) is 19.4 Å². The summed E-state index contributed by atoms with van der Waals surface area (Å²) in [5, 5.41) is 0. The van der Waals surface area contributed by atoms with Crippen molar-refractivity contribution in [3.63, 3.8) is 0 Å². The second-order valence-corrected chi connectivity index (χ2v) is 5.72. The molecule has 1 heterocycles. The highest BCUT2D eigenvalue weighted by atomic mass is 16.5. The van der Waals surface area contributed by atoms with Gasteiger partial charge in [0.1, 0.15) is 0 Å². The first-order valence-electron chi connectivity index (χ1n) is 6.20. The van der Waals surface area contributed by atoms with Crippen molar-refractivity contribution in [1.29, 1.82) is 0 Å². The molecular weight excluding hydrogens is 188 g/mol. The largest absolute Gasteiger partial charge is 0.379 e. The maximum atomic E-state index is 6.33. The van der Waals surface area contributed by atoms with Gasteiger partial charge >= 0.3 is 0 Å². The third-order valence-electron chi connectivity index (χ3n) is 3.31. The molecule has 0 aromatic carbocycles. The van der Waals surface area contributed by atoms with E-state index < -0.39 is 0 Å². The fourth-order valence-corrected chi connectivity index (χ4v) is 2.40. The second-order valence-electron chi connectivity index (χ2n) is 5.72. The molecule has 0 aromatic heterocycles. The van der Waals surface area contributed by atoms with Crippen molar-refractivity contribution >= 4 is 0 Å². The molecule has 15 heavy (non-hydrogen) atoms. The lowest BCUT2D eigenvalue weighted by atomic mass is 9.99. The van der Waals surface area contributed by atoms with E-state index in [-0.39, 0.29) is 5.54 Å². The summed E-state index contributed by atoms with van der Waals surface area (Å²) in [6.07, 6.45) is 3.75. The van der Waals surface area contributed by atoms with Gasteiger partial charge in [0.15, 0.2) is 0 Å². The summed E-state index contributed by atoms with van der Waals surface area (Å²) < 4.78 is 5.41. The van der Waals surface area contributed by atoms with Gasteiger partial charge in [-0.1, -0.05) is 13.8 Å². The molecule has 0 spiro atoms. The van der Waals surface area contributed by atoms with Gasteiger partial charge in [0.05, 0.1) is 12.1 Å². The van der Waals surface area contributed by atoms with E-state index in [0.717, 1.165) is 38.1 Å². The molecule has 2 fully saturated rings. The van der Waals surface area contributed by atoms with Crippen molar-refractivity contribution in [3.05, 3.63) is 0 Å². The summed E-state index contributed by atoms with van der Waals surface area (Å²) >= 11 is 0. The molecule has 3 nitrogen and oxygen atoms in total. The summed E-state index contributed by atoms with van der Waals surface area (Å²) in [5.74, 6) is 0.733. The second kappa shape index (κ2) is 4.40. The van der Waals surface area contributed by atoms with Gasteiger partial charge in [-0.15, -0.1) is 0 Å². The Morgan fingerprint density at radius 2 is 2.20 bits per heavy atom. The van der Waals surface area contributed by atoms with Crippen LogP contribution in [-0.2, 0) is 4.74 Å². The predicted octanol–water partition coefficient (Wildman–Crippen LogP) is 1.22. The van der Waals surface area contributed by atoms with Crippen molar-refractivity contribution in [2.75, 3.05) is 26.3 Å². The standard InChI is InChI=1S/C12H24N2O/c1-10(2)7-14(11-3-4-11)8-12(13)5-6-15-9-12/h10-11H,3-9,13H2,1-2H3. The SMILES string of the molecule is CC(C)CN(CC1(N)CCOC1)C1CC1. The molecule has 1 aliphatic heterocycles. The zero-order valence-corrected chi connectivity index (χ0v) is 10.0. The van der Waals surface area contributed by atoms with Gasteiger partial charge in [0.2, 0.25) is 0 Å². The third kappa shape index (κ3) is 3.16. The van der Waals surface area contributed by atoms with Crippen LogP contribution in [0, 0.1) is 5.92 Å². The predicted molar refractivity (Wildman–Crippen MR) is 61.8 cm³/mol. The van der Waals surface area contributed by atoms with Crippen molar-refractivity contribution in [3.8, 4) is 0 Å². The Labute approximate surface area is 93.0 Å². The maximum Gasteiger partial charge on any atom is 0.0659 e. The fraction of sp³-hybridized carbons (Fsp3) is 1.00. The molecule has 1 aliphatic carbocycles. The van der Waals surface area contributed by atoms with E-state index in [4.69, 9.17) is 10.5 Å². The number of hydrogen-bond donors (Lipinski definition) is 1. The normalized spacial score (nSPS) is 31.8. The minimum absolute atomic E-state index is 0.0719. The number of nitrogens with zero attached hydrogens (tertiary/aromatic N) is 1.